The van der Waals surface area contributed by atoms with Gasteiger partial charge in [0.15, 0.2) is 0 Å². The van der Waals surface area contributed by atoms with E-state index >= 15 is 0 Å². The molecule has 17 heavy (non-hydrogen) atoms. The molecule has 3 nitrogen and oxygen atoms in total. The van der Waals surface area contributed by atoms with Gasteiger partial charge in [-0.05, 0) is 52.2 Å². The van der Waals surface area contributed by atoms with Crippen molar-refractivity contribution in [2.75, 3.05) is 0 Å². The Bertz CT molecular complexity index is 372. The first-order valence-corrected chi connectivity index (χ1v) is 6.39. The molecule has 1 aliphatic rings. The molecule has 96 valence electrons. The Labute approximate surface area is 104 Å². The fourth-order valence-electron chi connectivity index (χ4n) is 1.65. The molecular formula is C14H23NO2. The fraction of sp³-hybridized carbons (Fsp3) is 0.714. The maximum absolute atomic E-state index is 5.80. The van der Waals surface area contributed by atoms with Gasteiger partial charge < -0.3 is 14.5 Å². The summed E-state index contributed by atoms with van der Waals surface area (Å²) in [4.78, 5) is 0. The molecule has 0 aliphatic heterocycles. The van der Waals surface area contributed by atoms with Gasteiger partial charge >= 0.3 is 0 Å². The summed E-state index contributed by atoms with van der Waals surface area (Å²) in [6, 6.07) is 2.80. The van der Waals surface area contributed by atoms with E-state index in [1.807, 2.05) is 0 Å². The second kappa shape index (κ2) is 4.83. The molecule has 1 aromatic heterocycles. The van der Waals surface area contributed by atoms with Crippen LogP contribution >= 0.6 is 0 Å². The number of hydrogen-bond donors (Lipinski definition) is 1. The molecule has 1 saturated carbocycles. The van der Waals surface area contributed by atoms with E-state index in [1.165, 1.54) is 18.4 Å². The molecule has 0 spiro atoms. The van der Waals surface area contributed by atoms with Crippen molar-refractivity contribution in [1.29, 1.82) is 0 Å². The zero-order valence-electron chi connectivity index (χ0n) is 11.3. The van der Waals surface area contributed by atoms with Crippen molar-refractivity contribution in [3.8, 4) is 0 Å². The molecule has 0 saturated heterocycles. The molecule has 0 atom stereocenters. The van der Waals surface area contributed by atoms with Gasteiger partial charge in [0.2, 0.25) is 0 Å². The maximum Gasteiger partial charge on any atom is 0.130 e. The van der Waals surface area contributed by atoms with Gasteiger partial charge in [0.1, 0.15) is 18.1 Å². The van der Waals surface area contributed by atoms with Gasteiger partial charge in [0, 0.05) is 6.04 Å². The van der Waals surface area contributed by atoms with Crippen LogP contribution in [0.1, 0.15) is 50.7 Å². The SMILES string of the molecule is Cc1cc(COC(C)(C)C)oc1CNC1CC1. The first-order chi connectivity index (χ1) is 7.94. The normalized spacial score (nSPS) is 16.5. The van der Waals surface area contributed by atoms with E-state index in [0.717, 1.165) is 18.1 Å². The smallest absolute Gasteiger partial charge is 0.130 e. The molecule has 0 aromatic carbocycles. The average Bonchev–Trinajstić information content (AvgIpc) is 2.97. The monoisotopic (exact) mass is 237 g/mol. The summed E-state index contributed by atoms with van der Waals surface area (Å²) >= 11 is 0. The Morgan fingerprint density at radius 2 is 2.12 bits per heavy atom. The van der Waals surface area contributed by atoms with E-state index < -0.39 is 0 Å². The highest BCUT2D eigenvalue weighted by molar-refractivity contribution is 5.19. The van der Waals surface area contributed by atoms with E-state index in [0.29, 0.717) is 12.6 Å². The van der Waals surface area contributed by atoms with Crippen molar-refractivity contribution in [2.24, 2.45) is 0 Å². The van der Waals surface area contributed by atoms with Gasteiger partial charge in [0.05, 0.1) is 12.1 Å². The molecule has 1 aliphatic carbocycles. The molecule has 0 unspecified atom stereocenters. The Hall–Kier alpha value is -0.800. The lowest BCUT2D eigenvalue weighted by Crippen LogP contribution is -2.18. The van der Waals surface area contributed by atoms with Gasteiger partial charge in [0.25, 0.3) is 0 Å². The van der Waals surface area contributed by atoms with Crippen LogP contribution in [0.4, 0.5) is 0 Å². The van der Waals surface area contributed by atoms with Gasteiger partial charge in [-0.25, -0.2) is 0 Å². The number of aryl methyl sites for hydroxylation is 1. The first-order valence-electron chi connectivity index (χ1n) is 6.39. The van der Waals surface area contributed by atoms with Crippen molar-refractivity contribution in [1.82, 2.24) is 5.32 Å². The van der Waals surface area contributed by atoms with Crippen LogP contribution in [0.2, 0.25) is 0 Å². The molecule has 0 radical (unpaired) electrons. The van der Waals surface area contributed by atoms with Crippen molar-refractivity contribution < 1.29 is 9.15 Å². The molecule has 0 amide bonds. The summed E-state index contributed by atoms with van der Waals surface area (Å²) in [7, 11) is 0. The standard InChI is InChI=1S/C14H23NO2/c1-10-7-12(9-16-14(2,3)4)17-13(10)8-15-11-5-6-11/h7,11,15H,5-6,8-9H2,1-4H3. The zero-order valence-corrected chi connectivity index (χ0v) is 11.3. The molecule has 1 N–H and O–H groups in total. The lowest BCUT2D eigenvalue weighted by Gasteiger charge is -2.18. The van der Waals surface area contributed by atoms with Gasteiger partial charge in [-0.2, -0.15) is 0 Å². The quantitative estimate of drug-likeness (QED) is 0.854. The minimum Gasteiger partial charge on any atom is -0.462 e. The Balaban J connectivity index is 1.87. The fourth-order valence-corrected chi connectivity index (χ4v) is 1.65. The van der Waals surface area contributed by atoms with E-state index in [9.17, 15) is 0 Å². The van der Waals surface area contributed by atoms with Crippen LogP contribution in [0.25, 0.3) is 0 Å². The van der Waals surface area contributed by atoms with Crippen molar-refractivity contribution in [3.63, 3.8) is 0 Å². The van der Waals surface area contributed by atoms with Crippen LogP contribution in [0, 0.1) is 6.92 Å². The predicted molar refractivity (Wildman–Crippen MR) is 67.8 cm³/mol. The summed E-state index contributed by atoms with van der Waals surface area (Å²) in [6.45, 7) is 9.64. The van der Waals surface area contributed by atoms with E-state index in [2.05, 4.69) is 39.1 Å². The zero-order chi connectivity index (χ0) is 12.5. The third-order valence-electron chi connectivity index (χ3n) is 2.85. The number of hydrogen-bond acceptors (Lipinski definition) is 3. The molecular weight excluding hydrogens is 214 g/mol. The highest BCUT2D eigenvalue weighted by atomic mass is 16.5. The number of furan rings is 1. The minimum absolute atomic E-state index is 0.118. The summed E-state index contributed by atoms with van der Waals surface area (Å²) in [5.41, 5.74) is 1.10. The largest absolute Gasteiger partial charge is 0.462 e. The third-order valence-corrected chi connectivity index (χ3v) is 2.85. The van der Waals surface area contributed by atoms with Crippen LogP contribution in [0.5, 0.6) is 0 Å². The Morgan fingerprint density at radius 3 is 2.71 bits per heavy atom. The summed E-state index contributed by atoms with van der Waals surface area (Å²) in [6.07, 6.45) is 2.61. The van der Waals surface area contributed by atoms with Crippen LogP contribution in [-0.4, -0.2) is 11.6 Å². The lowest BCUT2D eigenvalue weighted by molar-refractivity contribution is -0.0227. The predicted octanol–water partition coefficient (Wildman–Crippen LogP) is 3.16. The lowest BCUT2D eigenvalue weighted by atomic mass is 10.2. The Kier molecular flexibility index (Phi) is 3.59. The van der Waals surface area contributed by atoms with Gasteiger partial charge in [-0.15, -0.1) is 0 Å². The minimum atomic E-state index is -0.118. The van der Waals surface area contributed by atoms with E-state index in [1.54, 1.807) is 0 Å². The second-order valence-electron chi connectivity index (χ2n) is 5.88. The molecule has 1 heterocycles. The molecule has 1 fully saturated rings. The van der Waals surface area contributed by atoms with Crippen LogP contribution in [0.3, 0.4) is 0 Å². The number of rotatable bonds is 5. The second-order valence-corrected chi connectivity index (χ2v) is 5.88. The van der Waals surface area contributed by atoms with Crippen LogP contribution in [0.15, 0.2) is 10.5 Å². The van der Waals surface area contributed by atoms with Crippen LogP contribution < -0.4 is 5.32 Å². The average molecular weight is 237 g/mol. The number of nitrogens with one attached hydrogen (secondary N) is 1. The number of ether oxygens (including phenoxy) is 1. The topological polar surface area (TPSA) is 34.4 Å². The summed E-state index contributed by atoms with van der Waals surface area (Å²) < 4.78 is 11.5. The summed E-state index contributed by atoms with van der Waals surface area (Å²) in [5, 5.41) is 3.46. The van der Waals surface area contributed by atoms with E-state index in [-0.39, 0.29) is 5.60 Å². The summed E-state index contributed by atoms with van der Waals surface area (Å²) in [5.74, 6) is 1.97. The highest BCUT2D eigenvalue weighted by Crippen LogP contribution is 2.22. The molecule has 2 rings (SSSR count). The molecule has 0 bridgehead atoms. The van der Waals surface area contributed by atoms with Crippen molar-refractivity contribution in [2.45, 2.75) is 65.3 Å². The molecule has 3 heteroatoms. The van der Waals surface area contributed by atoms with Crippen molar-refractivity contribution in [3.05, 3.63) is 23.2 Å². The maximum atomic E-state index is 5.80. The first kappa shape index (κ1) is 12.7. The van der Waals surface area contributed by atoms with Crippen LogP contribution in [-0.2, 0) is 17.9 Å². The van der Waals surface area contributed by atoms with Crippen molar-refractivity contribution >= 4 is 0 Å². The third kappa shape index (κ3) is 4.17. The van der Waals surface area contributed by atoms with Gasteiger partial charge in [-0.1, -0.05) is 0 Å². The molecule has 1 aromatic rings. The highest BCUT2D eigenvalue weighted by Gasteiger charge is 2.21. The van der Waals surface area contributed by atoms with Gasteiger partial charge in [-0.3, -0.25) is 0 Å². The Morgan fingerprint density at radius 1 is 1.41 bits per heavy atom. The van der Waals surface area contributed by atoms with E-state index in [4.69, 9.17) is 9.15 Å².